The second kappa shape index (κ2) is 3.24. The van der Waals surface area contributed by atoms with Crippen molar-refractivity contribution in [3.63, 3.8) is 0 Å². The van der Waals surface area contributed by atoms with Gasteiger partial charge < -0.3 is 9.47 Å². The van der Waals surface area contributed by atoms with E-state index in [4.69, 9.17) is 9.47 Å². The van der Waals surface area contributed by atoms with Crippen LogP contribution in [0, 0.1) is 5.82 Å². The zero-order valence-corrected chi connectivity index (χ0v) is 7.42. The Morgan fingerprint density at radius 3 is 2.77 bits per heavy atom. The van der Waals surface area contributed by atoms with Gasteiger partial charge in [0.15, 0.2) is 17.3 Å². The minimum absolute atomic E-state index is 0.186. The fourth-order valence-electron chi connectivity index (χ4n) is 1.12. The summed E-state index contributed by atoms with van der Waals surface area (Å²) in [6.45, 7) is 0. The fourth-order valence-corrected chi connectivity index (χ4v) is 1.12. The van der Waals surface area contributed by atoms with E-state index in [0.29, 0.717) is 5.75 Å². The summed E-state index contributed by atoms with van der Waals surface area (Å²) in [6, 6.07) is 4.68. The molecule has 0 radical (unpaired) electrons. The maximum Gasteiger partial charge on any atom is 0.197 e. The maximum absolute atomic E-state index is 13.2. The molecule has 0 saturated heterocycles. The molecule has 1 aliphatic rings. The first-order chi connectivity index (χ1) is 6.31. The van der Waals surface area contributed by atoms with Crippen LogP contribution in [0.3, 0.4) is 0 Å². The van der Waals surface area contributed by atoms with Crippen LogP contribution in [0.4, 0.5) is 4.39 Å². The second-order valence-corrected chi connectivity index (χ2v) is 3.09. The van der Waals surface area contributed by atoms with Crippen LogP contribution in [0.1, 0.15) is 12.8 Å². The van der Waals surface area contributed by atoms with Crippen molar-refractivity contribution in [2.75, 3.05) is 7.11 Å². The highest BCUT2D eigenvalue weighted by Crippen LogP contribution is 2.35. The lowest BCUT2D eigenvalue weighted by Gasteiger charge is -2.09. The first-order valence-electron chi connectivity index (χ1n) is 4.30. The Morgan fingerprint density at radius 1 is 1.38 bits per heavy atom. The molecule has 0 N–H and O–H groups in total. The smallest absolute Gasteiger partial charge is 0.197 e. The highest BCUT2D eigenvalue weighted by Gasteiger charge is 2.26. The lowest BCUT2D eigenvalue weighted by Crippen LogP contribution is -2.00. The number of halogens is 1. The zero-order chi connectivity index (χ0) is 9.26. The van der Waals surface area contributed by atoms with Gasteiger partial charge in [-0.15, -0.1) is 0 Å². The van der Waals surface area contributed by atoms with Crippen LogP contribution >= 0.6 is 0 Å². The van der Waals surface area contributed by atoms with E-state index >= 15 is 0 Å². The van der Waals surface area contributed by atoms with Crippen molar-refractivity contribution in [2.45, 2.75) is 18.9 Å². The summed E-state index contributed by atoms with van der Waals surface area (Å²) in [5, 5.41) is 0. The molecule has 0 unspecified atom stereocenters. The van der Waals surface area contributed by atoms with Gasteiger partial charge in [-0.3, -0.25) is 0 Å². The van der Waals surface area contributed by atoms with Crippen molar-refractivity contribution >= 4 is 0 Å². The Balaban J connectivity index is 2.27. The Kier molecular flexibility index (Phi) is 2.08. The average Bonchev–Trinajstić information content (AvgIpc) is 2.92. The van der Waals surface area contributed by atoms with Crippen LogP contribution < -0.4 is 9.47 Å². The van der Waals surface area contributed by atoms with Crippen LogP contribution in [0.15, 0.2) is 18.2 Å². The van der Waals surface area contributed by atoms with E-state index in [1.165, 1.54) is 13.2 Å². The molecule has 1 aromatic rings. The average molecular weight is 182 g/mol. The maximum atomic E-state index is 13.2. The normalized spacial score (nSPS) is 15.5. The van der Waals surface area contributed by atoms with Gasteiger partial charge in [0.1, 0.15) is 0 Å². The van der Waals surface area contributed by atoms with Crippen LogP contribution in [0.5, 0.6) is 11.5 Å². The molecule has 1 saturated carbocycles. The van der Waals surface area contributed by atoms with Gasteiger partial charge in [0.2, 0.25) is 0 Å². The molecule has 70 valence electrons. The molecule has 0 heterocycles. The zero-order valence-electron chi connectivity index (χ0n) is 7.42. The van der Waals surface area contributed by atoms with Crippen molar-refractivity contribution in [1.82, 2.24) is 0 Å². The molecule has 1 aliphatic carbocycles. The van der Waals surface area contributed by atoms with Gasteiger partial charge in [0.25, 0.3) is 0 Å². The number of benzene rings is 1. The molecule has 2 rings (SSSR count). The molecule has 0 aromatic heterocycles. The van der Waals surface area contributed by atoms with E-state index in [1.807, 2.05) is 0 Å². The molecule has 0 amide bonds. The Morgan fingerprint density at radius 2 is 2.15 bits per heavy atom. The van der Waals surface area contributed by atoms with Gasteiger partial charge in [0, 0.05) is 0 Å². The van der Waals surface area contributed by atoms with E-state index in [2.05, 4.69) is 0 Å². The summed E-state index contributed by atoms with van der Waals surface area (Å²) in [4.78, 5) is 0. The van der Waals surface area contributed by atoms with Gasteiger partial charge in [0.05, 0.1) is 13.2 Å². The van der Waals surface area contributed by atoms with E-state index in [9.17, 15) is 4.39 Å². The highest BCUT2D eigenvalue weighted by molar-refractivity contribution is 5.41. The summed E-state index contributed by atoms with van der Waals surface area (Å²) in [5.41, 5.74) is 0. The molecule has 13 heavy (non-hydrogen) atoms. The third-order valence-corrected chi connectivity index (χ3v) is 1.96. The monoisotopic (exact) mass is 182 g/mol. The Hall–Kier alpha value is -1.25. The molecular formula is C10H11FO2. The topological polar surface area (TPSA) is 18.5 Å². The number of hydrogen-bond donors (Lipinski definition) is 0. The van der Waals surface area contributed by atoms with Gasteiger partial charge >= 0.3 is 0 Å². The van der Waals surface area contributed by atoms with Gasteiger partial charge in [-0.25, -0.2) is 4.39 Å². The molecule has 1 aromatic carbocycles. The summed E-state index contributed by atoms with van der Waals surface area (Å²) < 4.78 is 23.6. The van der Waals surface area contributed by atoms with Crippen LogP contribution in [-0.4, -0.2) is 13.2 Å². The Labute approximate surface area is 76.3 Å². The second-order valence-electron chi connectivity index (χ2n) is 3.09. The lowest BCUT2D eigenvalue weighted by atomic mass is 10.3. The molecule has 1 fully saturated rings. The summed E-state index contributed by atoms with van der Waals surface area (Å²) in [7, 11) is 1.51. The first kappa shape index (κ1) is 8.35. The number of hydrogen-bond acceptors (Lipinski definition) is 2. The van der Waals surface area contributed by atoms with Crippen LogP contribution in [0.2, 0.25) is 0 Å². The molecule has 0 spiro atoms. The molecule has 3 heteroatoms. The minimum atomic E-state index is -0.355. The molecule has 0 bridgehead atoms. The third-order valence-electron chi connectivity index (χ3n) is 1.96. The van der Waals surface area contributed by atoms with Gasteiger partial charge in [-0.05, 0) is 25.0 Å². The molecular weight excluding hydrogens is 171 g/mol. The number of para-hydroxylation sites is 1. The lowest BCUT2D eigenvalue weighted by molar-refractivity contribution is 0.267. The number of methoxy groups -OCH3 is 1. The number of ether oxygens (including phenoxy) is 2. The molecule has 0 atom stereocenters. The van der Waals surface area contributed by atoms with E-state index in [1.54, 1.807) is 12.1 Å². The minimum Gasteiger partial charge on any atom is -0.493 e. The van der Waals surface area contributed by atoms with Crippen molar-refractivity contribution in [2.24, 2.45) is 0 Å². The Bertz CT molecular complexity index is 308. The van der Waals surface area contributed by atoms with E-state index in [-0.39, 0.29) is 17.7 Å². The number of rotatable bonds is 3. The van der Waals surface area contributed by atoms with E-state index < -0.39 is 0 Å². The van der Waals surface area contributed by atoms with E-state index in [0.717, 1.165) is 12.8 Å². The SMILES string of the molecule is COc1cccc(F)c1OC1CC1. The molecule has 2 nitrogen and oxygen atoms in total. The summed E-state index contributed by atoms with van der Waals surface area (Å²) in [5.74, 6) is 0.352. The van der Waals surface area contributed by atoms with Crippen LogP contribution in [0.25, 0.3) is 0 Å². The van der Waals surface area contributed by atoms with Gasteiger partial charge in [-0.1, -0.05) is 6.07 Å². The standard InChI is InChI=1S/C10H11FO2/c1-12-9-4-2-3-8(11)10(9)13-7-5-6-7/h2-4,7H,5-6H2,1H3. The first-order valence-corrected chi connectivity index (χ1v) is 4.30. The molecule has 0 aliphatic heterocycles. The van der Waals surface area contributed by atoms with Crippen molar-refractivity contribution in [1.29, 1.82) is 0 Å². The van der Waals surface area contributed by atoms with Crippen molar-refractivity contribution in [3.05, 3.63) is 24.0 Å². The van der Waals surface area contributed by atoms with Crippen molar-refractivity contribution < 1.29 is 13.9 Å². The summed E-state index contributed by atoms with van der Waals surface area (Å²) >= 11 is 0. The highest BCUT2D eigenvalue weighted by atomic mass is 19.1. The quantitative estimate of drug-likeness (QED) is 0.714. The largest absolute Gasteiger partial charge is 0.493 e. The predicted molar refractivity (Wildman–Crippen MR) is 46.6 cm³/mol. The predicted octanol–water partition coefficient (Wildman–Crippen LogP) is 2.38. The van der Waals surface area contributed by atoms with Crippen LogP contribution in [-0.2, 0) is 0 Å². The van der Waals surface area contributed by atoms with Crippen molar-refractivity contribution in [3.8, 4) is 11.5 Å². The summed E-state index contributed by atoms with van der Waals surface area (Å²) in [6.07, 6.45) is 2.21. The van der Waals surface area contributed by atoms with Gasteiger partial charge in [-0.2, -0.15) is 0 Å². The third kappa shape index (κ3) is 1.74. The fraction of sp³-hybridized carbons (Fsp3) is 0.400.